The molecule has 0 atom stereocenters. The largest absolute Gasteiger partial charge is 0.478 e. The highest BCUT2D eigenvalue weighted by molar-refractivity contribution is 5.87. The van der Waals surface area contributed by atoms with Crippen molar-refractivity contribution in [3.63, 3.8) is 0 Å². The molecule has 2 aromatic rings. The number of hydrogen-bond donors (Lipinski definition) is 2. The summed E-state index contributed by atoms with van der Waals surface area (Å²) in [5.41, 5.74) is -0.766. The summed E-state index contributed by atoms with van der Waals surface area (Å²) in [4.78, 5) is 10.6. The number of carbonyl (C=O) groups is 1. The molecule has 0 fully saturated rings. The van der Waals surface area contributed by atoms with Crippen LogP contribution in [0.5, 0.6) is 0 Å². The van der Waals surface area contributed by atoms with E-state index in [1.54, 1.807) is 0 Å². The van der Waals surface area contributed by atoms with Gasteiger partial charge in [-0.3, -0.25) is 0 Å². The lowest BCUT2D eigenvalue weighted by Crippen LogP contribution is -2.06. The minimum atomic E-state index is -1.41. The Hall–Kier alpha value is -2.57. The molecule has 2 aromatic carbocycles. The Morgan fingerprint density at radius 2 is 1.62 bits per heavy atom. The van der Waals surface area contributed by atoms with Crippen molar-refractivity contribution in [2.75, 3.05) is 5.32 Å². The van der Waals surface area contributed by atoms with E-state index in [0.29, 0.717) is 12.1 Å². The fourth-order valence-corrected chi connectivity index (χ4v) is 1.74. The third kappa shape index (κ3) is 3.31. The molecule has 110 valence electrons. The molecular weight excluding hydrogens is 290 g/mol. The van der Waals surface area contributed by atoms with E-state index in [0.717, 1.165) is 12.1 Å². The van der Waals surface area contributed by atoms with Gasteiger partial charge in [-0.15, -0.1) is 0 Å². The molecule has 21 heavy (non-hydrogen) atoms. The van der Waals surface area contributed by atoms with Crippen LogP contribution < -0.4 is 5.32 Å². The molecule has 0 unspecified atom stereocenters. The van der Waals surface area contributed by atoms with Crippen molar-refractivity contribution < 1.29 is 27.5 Å². The van der Waals surface area contributed by atoms with E-state index in [2.05, 4.69) is 5.32 Å². The Labute approximate surface area is 116 Å². The quantitative estimate of drug-likeness (QED) is 0.849. The summed E-state index contributed by atoms with van der Waals surface area (Å²) in [5.74, 6) is -5.65. The van der Waals surface area contributed by atoms with E-state index in [9.17, 15) is 22.4 Å². The summed E-state index contributed by atoms with van der Waals surface area (Å²) in [7, 11) is 0. The fraction of sp³-hybridized carbons (Fsp3) is 0.0714. The predicted molar refractivity (Wildman–Crippen MR) is 67.0 cm³/mol. The normalized spacial score (nSPS) is 10.5. The lowest BCUT2D eigenvalue weighted by Gasteiger charge is -2.09. The fourth-order valence-electron chi connectivity index (χ4n) is 1.74. The molecule has 0 aromatic heterocycles. The number of halogens is 4. The van der Waals surface area contributed by atoms with Crippen molar-refractivity contribution in [3.05, 3.63) is 64.7 Å². The zero-order valence-electron chi connectivity index (χ0n) is 10.5. The van der Waals surface area contributed by atoms with Gasteiger partial charge < -0.3 is 10.4 Å². The number of nitrogens with one attached hydrogen (secondary N) is 1. The molecule has 0 heterocycles. The monoisotopic (exact) mass is 299 g/mol. The second-order valence-corrected chi connectivity index (χ2v) is 4.22. The van der Waals surface area contributed by atoms with Crippen molar-refractivity contribution in [1.29, 1.82) is 0 Å². The van der Waals surface area contributed by atoms with Crippen LogP contribution in [0.3, 0.4) is 0 Å². The van der Waals surface area contributed by atoms with Crippen LogP contribution in [0, 0.1) is 23.3 Å². The number of anilines is 1. The number of rotatable bonds is 4. The third-order valence-corrected chi connectivity index (χ3v) is 2.74. The highest BCUT2D eigenvalue weighted by atomic mass is 19.1. The van der Waals surface area contributed by atoms with E-state index < -0.39 is 40.5 Å². The smallest absolute Gasteiger partial charge is 0.338 e. The van der Waals surface area contributed by atoms with Crippen LogP contribution in [0.1, 0.15) is 15.9 Å². The number of carboxylic acids is 1. The van der Waals surface area contributed by atoms with Crippen LogP contribution in [0.4, 0.5) is 23.2 Å². The summed E-state index contributed by atoms with van der Waals surface area (Å²) in [6.45, 7) is -0.156. The lowest BCUT2D eigenvalue weighted by molar-refractivity contribution is 0.0692. The minimum Gasteiger partial charge on any atom is -0.478 e. The van der Waals surface area contributed by atoms with Crippen molar-refractivity contribution in [1.82, 2.24) is 0 Å². The van der Waals surface area contributed by atoms with Gasteiger partial charge >= 0.3 is 5.97 Å². The van der Waals surface area contributed by atoms with E-state index in [4.69, 9.17) is 5.11 Å². The van der Waals surface area contributed by atoms with Gasteiger partial charge in [0.1, 0.15) is 17.3 Å². The van der Waals surface area contributed by atoms with Gasteiger partial charge in [0, 0.05) is 18.7 Å². The number of hydrogen-bond acceptors (Lipinski definition) is 2. The summed E-state index contributed by atoms with van der Waals surface area (Å²) >= 11 is 0. The molecule has 0 bridgehead atoms. The maximum Gasteiger partial charge on any atom is 0.338 e. The molecule has 0 aliphatic heterocycles. The van der Waals surface area contributed by atoms with Crippen LogP contribution in [-0.2, 0) is 6.54 Å². The molecule has 0 aliphatic carbocycles. The molecule has 2 rings (SSSR count). The molecule has 0 spiro atoms. The van der Waals surface area contributed by atoms with E-state index >= 15 is 0 Å². The Bertz CT molecular complexity index is 680. The molecule has 0 amide bonds. The van der Waals surface area contributed by atoms with Gasteiger partial charge in [0.25, 0.3) is 0 Å². The van der Waals surface area contributed by atoms with E-state index in [-0.39, 0.29) is 12.1 Å². The topological polar surface area (TPSA) is 49.3 Å². The number of benzene rings is 2. The van der Waals surface area contributed by atoms with Gasteiger partial charge in [-0.25, -0.2) is 22.4 Å². The molecule has 3 nitrogen and oxygen atoms in total. The first kappa shape index (κ1) is 14.8. The van der Waals surface area contributed by atoms with Crippen molar-refractivity contribution in [2.45, 2.75) is 6.54 Å². The third-order valence-electron chi connectivity index (χ3n) is 2.74. The van der Waals surface area contributed by atoms with Crippen molar-refractivity contribution in [3.8, 4) is 0 Å². The highest BCUT2D eigenvalue weighted by Crippen LogP contribution is 2.21. The van der Waals surface area contributed by atoms with E-state index in [1.807, 2.05) is 0 Å². The lowest BCUT2D eigenvalue weighted by atomic mass is 10.1. The summed E-state index contributed by atoms with van der Waals surface area (Å²) in [6.07, 6.45) is 0. The number of carboxylic acid groups (broad SMARTS) is 1. The zero-order valence-corrected chi connectivity index (χ0v) is 10.5. The summed E-state index contributed by atoms with van der Waals surface area (Å²) in [6, 6.07) is 4.32. The van der Waals surface area contributed by atoms with Crippen LogP contribution in [0.15, 0.2) is 30.3 Å². The van der Waals surface area contributed by atoms with Crippen LogP contribution >= 0.6 is 0 Å². The highest BCUT2D eigenvalue weighted by Gasteiger charge is 2.13. The van der Waals surface area contributed by atoms with Crippen molar-refractivity contribution in [2.24, 2.45) is 0 Å². The maximum absolute atomic E-state index is 13.4. The van der Waals surface area contributed by atoms with Gasteiger partial charge in [0.2, 0.25) is 0 Å². The number of aromatic carboxylic acids is 1. The van der Waals surface area contributed by atoms with Crippen LogP contribution in [0.2, 0.25) is 0 Å². The van der Waals surface area contributed by atoms with Gasteiger partial charge in [0.15, 0.2) is 11.6 Å². The Morgan fingerprint density at radius 3 is 2.14 bits per heavy atom. The molecular formula is C14H9F4NO2. The van der Waals surface area contributed by atoms with Gasteiger partial charge in [-0.1, -0.05) is 6.07 Å². The standard InChI is InChI=1S/C14H9F4NO2/c15-8-4-11(17)13(12(18)5-8)19-6-7-1-2-9(14(20)21)10(16)3-7/h1-5,19H,6H2,(H,20,21). The first-order chi connectivity index (χ1) is 9.88. The molecule has 0 radical (unpaired) electrons. The average molecular weight is 299 g/mol. The van der Waals surface area contributed by atoms with Crippen molar-refractivity contribution >= 4 is 11.7 Å². The molecule has 0 aliphatic rings. The predicted octanol–water partition coefficient (Wildman–Crippen LogP) is 3.55. The second kappa shape index (κ2) is 5.82. The second-order valence-electron chi connectivity index (χ2n) is 4.22. The summed E-state index contributed by atoms with van der Waals surface area (Å²) < 4.78 is 52.9. The zero-order chi connectivity index (χ0) is 15.6. The van der Waals surface area contributed by atoms with Gasteiger partial charge in [0.05, 0.1) is 5.56 Å². The maximum atomic E-state index is 13.4. The van der Waals surface area contributed by atoms with Gasteiger partial charge in [-0.05, 0) is 17.7 Å². The Kier molecular flexibility index (Phi) is 4.11. The van der Waals surface area contributed by atoms with Gasteiger partial charge in [-0.2, -0.15) is 0 Å². The molecule has 2 N–H and O–H groups in total. The first-order valence-electron chi connectivity index (χ1n) is 5.78. The SMILES string of the molecule is O=C(O)c1ccc(CNc2c(F)cc(F)cc2F)cc1F. The molecule has 0 saturated carbocycles. The Balaban J connectivity index is 2.17. The molecule has 0 saturated heterocycles. The minimum absolute atomic E-state index is 0.156. The summed E-state index contributed by atoms with van der Waals surface area (Å²) in [5, 5.41) is 11.0. The van der Waals surface area contributed by atoms with Crippen LogP contribution in [0.25, 0.3) is 0 Å². The van der Waals surface area contributed by atoms with E-state index in [1.165, 1.54) is 6.07 Å². The average Bonchev–Trinajstić information content (AvgIpc) is 2.36. The Morgan fingerprint density at radius 1 is 1.00 bits per heavy atom. The molecule has 7 heteroatoms. The van der Waals surface area contributed by atoms with Crippen LogP contribution in [-0.4, -0.2) is 11.1 Å². The first-order valence-corrected chi connectivity index (χ1v) is 5.78.